The van der Waals surface area contributed by atoms with Crippen LogP contribution in [0.5, 0.6) is 5.75 Å². The number of allylic oxidation sites excluding steroid dienone is 3. The van der Waals surface area contributed by atoms with E-state index < -0.39 is 5.92 Å². The number of nitrogens with two attached hydrogens (primary N) is 1. The van der Waals surface area contributed by atoms with Crippen LogP contribution in [0.3, 0.4) is 0 Å². The van der Waals surface area contributed by atoms with Gasteiger partial charge in [0, 0.05) is 39.0 Å². The number of Topliss-reactive ketones (excluding diaryl/α,β-unsaturated/α-hetero) is 1. The minimum Gasteiger partial charge on any atom is -0.489 e. The van der Waals surface area contributed by atoms with E-state index in [9.17, 15) is 10.1 Å². The van der Waals surface area contributed by atoms with Crippen molar-refractivity contribution in [1.82, 2.24) is 0 Å². The molecule has 1 heterocycles. The third-order valence-corrected chi connectivity index (χ3v) is 6.56. The zero-order chi connectivity index (χ0) is 23.0. The lowest BCUT2D eigenvalue weighted by atomic mass is 9.70. The normalized spacial score (nSPS) is 19.8. The van der Waals surface area contributed by atoms with Gasteiger partial charge in [0.25, 0.3) is 0 Å². The molecule has 0 saturated carbocycles. The molecule has 0 spiro atoms. The van der Waals surface area contributed by atoms with Gasteiger partial charge in [-0.05, 0) is 29.7 Å². The van der Waals surface area contributed by atoms with Gasteiger partial charge in [-0.25, -0.2) is 0 Å². The first-order valence-corrected chi connectivity index (χ1v) is 11.4. The summed E-state index contributed by atoms with van der Waals surface area (Å²) < 4.78 is 12.7. The van der Waals surface area contributed by atoms with Gasteiger partial charge in [0.15, 0.2) is 5.78 Å². The van der Waals surface area contributed by atoms with Crippen molar-refractivity contribution in [3.05, 3.63) is 85.9 Å². The van der Waals surface area contributed by atoms with Gasteiger partial charge >= 0.3 is 0 Å². The first-order chi connectivity index (χ1) is 15.2. The Morgan fingerprint density at radius 1 is 1.28 bits per heavy atom. The molecule has 1 aliphatic carbocycles. The van der Waals surface area contributed by atoms with Crippen LogP contribution in [0.25, 0.3) is 0 Å². The lowest BCUT2D eigenvalue weighted by Gasteiger charge is -2.37. The third kappa shape index (κ3) is 4.28. The van der Waals surface area contributed by atoms with Gasteiger partial charge in [0.2, 0.25) is 5.88 Å². The van der Waals surface area contributed by atoms with E-state index in [-0.39, 0.29) is 29.3 Å². The summed E-state index contributed by atoms with van der Waals surface area (Å²) in [5.41, 5.74) is 8.10. The molecule has 1 unspecified atom stereocenters. The van der Waals surface area contributed by atoms with Crippen molar-refractivity contribution < 1.29 is 14.3 Å². The van der Waals surface area contributed by atoms with Gasteiger partial charge in [0.05, 0.1) is 5.92 Å². The van der Waals surface area contributed by atoms with Crippen LogP contribution in [0.4, 0.5) is 0 Å². The zero-order valence-electron chi connectivity index (χ0n) is 17.7. The van der Waals surface area contributed by atoms with Crippen molar-refractivity contribution in [3.63, 3.8) is 0 Å². The fraction of sp³-hybridized carbons (Fsp3) is 0.280. The number of carbonyl (C=O) groups is 1. The average molecular weight is 514 g/mol. The number of ketones is 1. The predicted molar refractivity (Wildman–Crippen MR) is 126 cm³/mol. The van der Waals surface area contributed by atoms with Crippen LogP contribution in [-0.2, 0) is 16.1 Å². The number of hydrogen-bond donors (Lipinski definition) is 1. The van der Waals surface area contributed by atoms with Crippen LogP contribution >= 0.6 is 27.5 Å². The molecule has 0 aromatic heterocycles. The average Bonchev–Trinajstić information content (AvgIpc) is 2.72. The maximum absolute atomic E-state index is 13.2. The molecule has 1 atom stereocenters. The van der Waals surface area contributed by atoms with Gasteiger partial charge in [-0.15, -0.1) is 0 Å². The lowest BCUT2D eigenvalue weighted by Crippen LogP contribution is -2.33. The molecule has 164 valence electrons. The highest BCUT2D eigenvalue weighted by Crippen LogP contribution is 2.50. The van der Waals surface area contributed by atoms with E-state index in [1.165, 1.54) is 0 Å². The van der Waals surface area contributed by atoms with Gasteiger partial charge in [-0.3, -0.25) is 4.79 Å². The highest BCUT2D eigenvalue weighted by molar-refractivity contribution is 9.10. The quantitative estimate of drug-likeness (QED) is 0.531. The second-order valence-electron chi connectivity index (χ2n) is 8.76. The van der Waals surface area contributed by atoms with E-state index in [1.807, 2.05) is 50.2 Å². The number of nitriles is 1. The molecular weight excluding hydrogens is 492 g/mol. The Kier molecular flexibility index (Phi) is 6.07. The first kappa shape index (κ1) is 22.4. The smallest absolute Gasteiger partial charge is 0.205 e. The summed E-state index contributed by atoms with van der Waals surface area (Å²) in [6.07, 6.45) is 0.932. The molecule has 32 heavy (non-hydrogen) atoms. The van der Waals surface area contributed by atoms with E-state index in [0.717, 1.165) is 10.0 Å². The van der Waals surface area contributed by atoms with E-state index in [2.05, 4.69) is 22.0 Å². The molecule has 7 heteroatoms. The van der Waals surface area contributed by atoms with E-state index in [0.29, 0.717) is 40.5 Å². The van der Waals surface area contributed by atoms with Gasteiger partial charge < -0.3 is 15.2 Å². The molecule has 0 bridgehead atoms. The van der Waals surface area contributed by atoms with Gasteiger partial charge in [0.1, 0.15) is 29.8 Å². The maximum Gasteiger partial charge on any atom is 0.205 e. The molecule has 2 N–H and O–H groups in total. The standard InChI is InChI=1S/C25H22BrClN2O3/c1-25(2)10-19(30)23-21(11-25)32-24(29)17(12-28)22(23)16-9-15(26)7-8-20(16)31-13-14-5-3-4-6-18(14)27/h3-9,22H,10-11,13,29H2,1-2H3. The Morgan fingerprint density at radius 2 is 2.03 bits per heavy atom. The van der Waals surface area contributed by atoms with Crippen molar-refractivity contribution >= 4 is 33.3 Å². The Labute approximate surface area is 200 Å². The summed E-state index contributed by atoms with van der Waals surface area (Å²) in [6, 6.07) is 15.1. The van der Waals surface area contributed by atoms with Crippen molar-refractivity contribution in [3.8, 4) is 11.8 Å². The van der Waals surface area contributed by atoms with Crippen LogP contribution in [0.1, 0.15) is 43.7 Å². The van der Waals surface area contributed by atoms with Crippen molar-refractivity contribution in [2.24, 2.45) is 11.1 Å². The molecule has 4 rings (SSSR count). The predicted octanol–water partition coefficient (Wildman–Crippen LogP) is 6.13. The number of ether oxygens (including phenoxy) is 2. The topological polar surface area (TPSA) is 85.3 Å². The van der Waals surface area contributed by atoms with Crippen LogP contribution < -0.4 is 10.5 Å². The summed E-state index contributed by atoms with van der Waals surface area (Å²) in [6.45, 7) is 4.28. The minimum absolute atomic E-state index is 0.0266. The zero-order valence-corrected chi connectivity index (χ0v) is 20.1. The summed E-state index contributed by atoms with van der Waals surface area (Å²) in [7, 11) is 0. The fourth-order valence-corrected chi connectivity index (χ4v) is 4.81. The highest BCUT2D eigenvalue weighted by Gasteiger charge is 2.43. The summed E-state index contributed by atoms with van der Waals surface area (Å²) in [5.74, 6) is 0.401. The molecule has 2 aromatic carbocycles. The molecule has 2 aliphatic rings. The summed E-state index contributed by atoms with van der Waals surface area (Å²) >= 11 is 9.79. The van der Waals surface area contributed by atoms with Crippen LogP contribution in [0.15, 0.2) is 69.7 Å². The van der Waals surface area contributed by atoms with Crippen LogP contribution in [0, 0.1) is 16.7 Å². The first-order valence-electron chi connectivity index (χ1n) is 10.2. The highest BCUT2D eigenvalue weighted by atomic mass is 79.9. The summed E-state index contributed by atoms with van der Waals surface area (Å²) in [4.78, 5) is 13.2. The SMILES string of the molecule is CC1(C)CC(=O)C2=C(C1)OC(N)=C(C#N)C2c1cc(Br)ccc1OCc1ccccc1Cl. The van der Waals surface area contributed by atoms with Crippen molar-refractivity contribution in [2.45, 2.75) is 39.2 Å². The number of benzene rings is 2. The van der Waals surface area contributed by atoms with Gasteiger partial charge in [-0.2, -0.15) is 5.26 Å². The van der Waals surface area contributed by atoms with E-state index >= 15 is 0 Å². The molecule has 1 aliphatic heterocycles. The Balaban J connectivity index is 1.81. The van der Waals surface area contributed by atoms with Gasteiger partial charge in [-0.1, -0.05) is 59.6 Å². The monoisotopic (exact) mass is 512 g/mol. The molecule has 0 saturated heterocycles. The molecule has 5 nitrogen and oxygen atoms in total. The van der Waals surface area contributed by atoms with E-state index in [4.69, 9.17) is 26.8 Å². The lowest BCUT2D eigenvalue weighted by molar-refractivity contribution is -0.119. The van der Waals surface area contributed by atoms with Crippen LogP contribution in [0.2, 0.25) is 5.02 Å². The Morgan fingerprint density at radius 3 is 2.75 bits per heavy atom. The maximum atomic E-state index is 13.2. The van der Waals surface area contributed by atoms with Crippen molar-refractivity contribution in [2.75, 3.05) is 0 Å². The third-order valence-electron chi connectivity index (χ3n) is 5.70. The number of hydrogen-bond acceptors (Lipinski definition) is 5. The minimum atomic E-state index is -0.661. The molecule has 2 aromatic rings. The van der Waals surface area contributed by atoms with Crippen molar-refractivity contribution in [1.29, 1.82) is 5.26 Å². The number of halogens is 2. The fourth-order valence-electron chi connectivity index (χ4n) is 4.24. The number of nitrogens with zero attached hydrogens (tertiary/aromatic N) is 1. The van der Waals surface area contributed by atoms with Crippen LogP contribution in [-0.4, -0.2) is 5.78 Å². The second kappa shape index (κ2) is 8.65. The Hall–Kier alpha value is -2.75. The molecule has 0 amide bonds. The number of carbonyl (C=O) groups excluding carboxylic acids is 1. The summed E-state index contributed by atoms with van der Waals surface area (Å²) in [5, 5.41) is 10.5. The molecular formula is C25H22BrClN2O3. The number of rotatable bonds is 4. The largest absolute Gasteiger partial charge is 0.489 e. The van der Waals surface area contributed by atoms with E-state index in [1.54, 1.807) is 6.07 Å². The molecule has 0 radical (unpaired) electrons. The Bertz CT molecular complexity index is 1210. The molecule has 0 fully saturated rings. The second-order valence-corrected chi connectivity index (χ2v) is 10.1.